The molecule has 0 spiro atoms. The second-order valence-corrected chi connectivity index (χ2v) is 3.39. The molecule has 0 radical (unpaired) electrons. The van der Waals surface area contributed by atoms with Crippen molar-refractivity contribution in [2.24, 2.45) is 0 Å². The molecule has 0 fully saturated rings. The highest BCUT2D eigenvalue weighted by Crippen LogP contribution is 2.24. The van der Waals surface area contributed by atoms with Crippen LogP contribution in [0.3, 0.4) is 0 Å². The van der Waals surface area contributed by atoms with E-state index in [9.17, 15) is 4.79 Å². The van der Waals surface area contributed by atoms with Crippen LogP contribution in [0.2, 0.25) is 5.02 Å². The maximum atomic E-state index is 11.6. The first kappa shape index (κ1) is 10.8. The van der Waals surface area contributed by atoms with Crippen molar-refractivity contribution in [1.29, 1.82) is 0 Å². The molecule has 0 aliphatic carbocycles. The highest BCUT2D eigenvalue weighted by atomic mass is 35.5. The monoisotopic (exact) mass is 210 g/mol. The number of hydrogen-bond donors (Lipinski definition) is 0. The van der Waals surface area contributed by atoms with Gasteiger partial charge < -0.3 is 4.74 Å². The van der Waals surface area contributed by atoms with E-state index in [0.717, 1.165) is 0 Å². The summed E-state index contributed by atoms with van der Waals surface area (Å²) < 4.78 is 5.05. The van der Waals surface area contributed by atoms with Crippen molar-refractivity contribution in [2.75, 3.05) is 7.11 Å². The van der Waals surface area contributed by atoms with Crippen molar-refractivity contribution in [3.05, 3.63) is 40.9 Å². The van der Waals surface area contributed by atoms with Gasteiger partial charge in [0.25, 0.3) is 0 Å². The highest BCUT2D eigenvalue weighted by Gasteiger charge is 2.12. The normalized spacial score (nSPS) is 9.64. The van der Waals surface area contributed by atoms with Gasteiger partial charge in [-0.1, -0.05) is 18.2 Å². The van der Waals surface area contributed by atoms with Crippen LogP contribution < -0.4 is 4.74 Å². The SMILES string of the molecule is C=C(C)C(=O)c1cc(Cl)ccc1OC. The maximum Gasteiger partial charge on any atom is 0.191 e. The molecule has 1 rings (SSSR count). The molecule has 0 saturated heterocycles. The lowest BCUT2D eigenvalue weighted by molar-refractivity contribution is 0.103. The quantitative estimate of drug-likeness (QED) is 0.566. The molecule has 0 amide bonds. The molecule has 1 aromatic rings. The summed E-state index contributed by atoms with van der Waals surface area (Å²) >= 11 is 5.79. The molecule has 3 heteroatoms. The van der Waals surface area contributed by atoms with Crippen LogP contribution in [0.1, 0.15) is 17.3 Å². The Hall–Kier alpha value is -1.28. The van der Waals surface area contributed by atoms with Crippen molar-refractivity contribution < 1.29 is 9.53 Å². The summed E-state index contributed by atoms with van der Waals surface area (Å²) in [5, 5.41) is 0.510. The Bertz CT molecular complexity index is 383. The molecule has 0 N–H and O–H groups in total. The number of benzene rings is 1. The maximum absolute atomic E-state index is 11.6. The molecule has 2 nitrogen and oxygen atoms in total. The Morgan fingerprint density at radius 3 is 2.64 bits per heavy atom. The number of hydrogen-bond acceptors (Lipinski definition) is 2. The van der Waals surface area contributed by atoms with E-state index in [-0.39, 0.29) is 5.78 Å². The molecular formula is C11H11ClO2. The molecule has 0 bridgehead atoms. The van der Waals surface area contributed by atoms with Gasteiger partial charge in [0.1, 0.15) is 5.75 Å². The fourth-order valence-electron chi connectivity index (χ4n) is 1.09. The fourth-order valence-corrected chi connectivity index (χ4v) is 1.26. The molecule has 0 unspecified atom stereocenters. The van der Waals surface area contributed by atoms with Crippen LogP contribution >= 0.6 is 11.6 Å². The van der Waals surface area contributed by atoms with Gasteiger partial charge in [-0.15, -0.1) is 0 Å². The van der Waals surface area contributed by atoms with Crippen LogP contribution in [0.25, 0.3) is 0 Å². The van der Waals surface area contributed by atoms with Gasteiger partial charge in [-0.25, -0.2) is 0 Å². The van der Waals surface area contributed by atoms with Crippen LogP contribution in [-0.4, -0.2) is 12.9 Å². The highest BCUT2D eigenvalue weighted by molar-refractivity contribution is 6.31. The van der Waals surface area contributed by atoms with Crippen LogP contribution in [0.4, 0.5) is 0 Å². The minimum absolute atomic E-state index is 0.149. The lowest BCUT2D eigenvalue weighted by Gasteiger charge is -2.07. The summed E-state index contributed by atoms with van der Waals surface area (Å²) in [7, 11) is 1.51. The minimum Gasteiger partial charge on any atom is -0.496 e. The molecule has 0 aliphatic heterocycles. The van der Waals surface area contributed by atoms with E-state index in [4.69, 9.17) is 16.3 Å². The number of halogens is 1. The molecule has 1 aromatic carbocycles. The Morgan fingerprint density at radius 1 is 1.50 bits per heavy atom. The van der Waals surface area contributed by atoms with Gasteiger partial charge in [-0.05, 0) is 30.7 Å². The Balaban J connectivity index is 3.23. The number of ketones is 1. The number of Topliss-reactive ketones (excluding diaryl/α,β-unsaturated/α-hetero) is 1. The first-order chi connectivity index (χ1) is 6.56. The number of rotatable bonds is 3. The third-order valence-corrected chi connectivity index (χ3v) is 2.03. The molecular weight excluding hydrogens is 200 g/mol. The van der Waals surface area contributed by atoms with Crippen molar-refractivity contribution in [3.8, 4) is 5.75 Å². The van der Waals surface area contributed by atoms with E-state index in [1.807, 2.05) is 0 Å². The van der Waals surface area contributed by atoms with Crippen LogP contribution in [0, 0.1) is 0 Å². The molecule has 0 atom stereocenters. The molecule has 0 saturated carbocycles. The van der Waals surface area contributed by atoms with Crippen molar-refractivity contribution in [1.82, 2.24) is 0 Å². The van der Waals surface area contributed by atoms with E-state index in [1.165, 1.54) is 7.11 Å². The van der Waals surface area contributed by atoms with Gasteiger partial charge in [0.05, 0.1) is 12.7 Å². The lowest BCUT2D eigenvalue weighted by Crippen LogP contribution is -2.02. The number of carbonyl (C=O) groups excluding carboxylic acids is 1. The Morgan fingerprint density at radius 2 is 2.14 bits per heavy atom. The summed E-state index contributed by atoms with van der Waals surface area (Å²) in [5.41, 5.74) is 0.915. The second kappa shape index (κ2) is 4.29. The lowest BCUT2D eigenvalue weighted by atomic mass is 10.1. The molecule has 0 aromatic heterocycles. The van der Waals surface area contributed by atoms with Gasteiger partial charge in [0.2, 0.25) is 0 Å². The van der Waals surface area contributed by atoms with Gasteiger partial charge in [0, 0.05) is 5.02 Å². The predicted molar refractivity (Wildman–Crippen MR) is 57.1 cm³/mol. The van der Waals surface area contributed by atoms with Crippen LogP contribution in [0.5, 0.6) is 5.75 Å². The van der Waals surface area contributed by atoms with E-state index in [2.05, 4.69) is 6.58 Å². The van der Waals surface area contributed by atoms with Crippen molar-refractivity contribution in [2.45, 2.75) is 6.92 Å². The van der Waals surface area contributed by atoms with E-state index in [1.54, 1.807) is 25.1 Å². The number of ether oxygens (including phenoxy) is 1. The molecule has 0 aliphatic rings. The van der Waals surface area contributed by atoms with Crippen LogP contribution in [-0.2, 0) is 0 Å². The van der Waals surface area contributed by atoms with E-state index < -0.39 is 0 Å². The minimum atomic E-state index is -0.149. The summed E-state index contributed by atoms with van der Waals surface area (Å²) in [6, 6.07) is 4.92. The van der Waals surface area contributed by atoms with Crippen molar-refractivity contribution in [3.63, 3.8) is 0 Å². The summed E-state index contributed by atoms with van der Waals surface area (Å²) in [4.78, 5) is 11.6. The average molecular weight is 211 g/mol. The van der Waals surface area contributed by atoms with E-state index in [0.29, 0.717) is 21.9 Å². The standard InChI is InChI=1S/C11H11ClO2/c1-7(2)11(13)9-6-8(12)4-5-10(9)14-3/h4-6H,1H2,2-3H3. The zero-order chi connectivity index (χ0) is 10.7. The summed E-state index contributed by atoms with van der Waals surface area (Å²) in [6.45, 7) is 5.24. The first-order valence-electron chi connectivity index (χ1n) is 4.10. The second-order valence-electron chi connectivity index (χ2n) is 2.95. The number of carbonyl (C=O) groups is 1. The fraction of sp³-hybridized carbons (Fsp3) is 0.182. The predicted octanol–water partition coefficient (Wildman–Crippen LogP) is 3.11. The van der Waals surface area contributed by atoms with Gasteiger partial charge >= 0.3 is 0 Å². The van der Waals surface area contributed by atoms with Gasteiger partial charge in [-0.3, -0.25) is 4.79 Å². The molecule has 74 valence electrons. The number of allylic oxidation sites excluding steroid dienone is 1. The Kier molecular flexibility index (Phi) is 3.31. The summed E-state index contributed by atoms with van der Waals surface area (Å²) in [6.07, 6.45) is 0. The smallest absolute Gasteiger partial charge is 0.191 e. The summed E-state index contributed by atoms with van der Waals surface area (Å²) in [5.74, 6) is 0.367. The topological polar surface area (TPSA) is 26.3 Å². The Labute approximate surface area is 88.1 Å². The third kappa shape index (κ3) is 2.15. The van der Waals surface area contributed by atoms with Crippen LogP contribution in [0.15, 0.2) is 30.4 Å². The zero-order valence-corrected chi connectivity index (χ0v) is 8.89. The van der Waals surface area contributed by atoms with Gasteiger partial charge in [-0.2, -0.15) is 0 Å². The van der Waals surface area contributed by atoms with E-state index >= 15 is 0 Å². The molecule has 0 heterocycles. The molecule has 14 heavy (non-hydrogen) atoms. The van der Waals surface area contributed by atoms with Gasteiger partial charge in [0.15, 0.2) is 5.78 Å². The first-order valence-corrected chi connectivity index (χ1v) is 4.48. The van der Waals surface area contributed by atoms with Crippen molar-refractivity contribution >= 4 is 17.4 Å². The zero-order valence-electron chi connectivity index (χ0n) is 8.13. The third-order valence-electron chi connectivity index (χ3n) is 1.79. The average Bonchev–Trinajstić information content (AvgIpc) is 2.16. The number of methoxy groups -OCH3 is 1. The largest absolute Gasteiger partial charge is 0.496 e.